The number of carbonyl (C=O) groups excluding carboxylic acids is 2. The molecule has 0 aromatic heterocycles. The fourth-order valence-electron chi connectivity index (χ4n) is 1.54. The number of rotatable bonds is 4. The molecule has 0 bridgehead atoms. The van der Waals surface area contributed by atoms with Gasteiger partial charge in [-0.2, -0.15) is 0 Å². The van der Waals surface area contributed by atoms with E-state index in [0.29, 0.717) is 12.1 Å². The number of halogens is 1. The highest BCUT2D eigenvalue weighted by atomic mass is 79.9. The maximum absolute atomic E-state index is 12.1. The summed E-state index contributed by atoms with van der Waals surface area (Å²) in [5.41, 5.74) is 1.61. The van der Waals surface area contributed by atoms with Gasteiger partial charge in [0.15, 0.2) is 0 Å². The van der Waals surface area contributed by atoms with Crippen molar-refractivity contribution in [3.05, 3.63) is 33.8 Å². The molecule has 1 aromatic rings. The van der Waals surface area contributed by atoms with E-state index in [0.717, 1.165) is 10.0 Å². The van der Waals surface area contributed by atoms with Crippen LogP contribution in [0.4, 0.5) is 0 Å². The van der Waals surface area contributed by atoms with Gasteiger partial charge in [0.25, 0.3) is 5.91 Å². The van der Waals surface area contributed by atoms with Crippen LogP contribution in [0.3, 0.4) is 0 Å². The van der Waals surface area contributed by atoms with Crippen molar-refractivity contribution in [3.8, 4) is 0 Å². The molecule has 0 aliphatic rings. The summed E-state index contributed by atoms with van der Waals surface area (Å²) in [6.45, 7) is 2.27. The summed E-state index contributed by atoms with van der Waals surface area (Å²) in [6.07, 6.45) is 0.200. The second kappa shape index (κ2) is 6.54. The molecule has 0 fully saturated rings. The number of methoxy groups -OCH3 is 1. The van der Waals surface area contributed by atoms with E-state index >= 15 is 0 Å². The van der Waals surface area contributed by atoms with E-state index in [1.807, 2.05) is 19.1 Å². The monoisotopic (exact) mass is 313 g/mol. The summed E-state index contributed by atoms with van der Waals surface area (Å²) in [5, 5.41) is 0. The summed E-state index contributed by atoms with van der Waals surface area (Å²) in [4.78, 5) is 24.6. The number of amides is 1. The molecule has 1 amide bonds. The van der Waals surface area contributed by atoms with Gasteiger partial charge in [-0.25, -0.2) is 0 Å². The highest BCUT2D eigenvalue weighted by Crippen LogP contribution is 2.16. The number of hydrogen-bond acceptors (Lipinski definition) is 3. The Balaban J connectivity index is 2.71. The molecule has 4 nitrogen and oxygen atoms in total. The van der Waals surface area contributed by atoms with Crippen molar-refractivity contribution in [2.75, 3.05) is 20.7 Å². The van der Waals surface area contributed by atoms with Crippen LogP contribution in [0.5, 0.6) is 0 Å². The molecule has 0 N–H and O–H groups in total. The van der Waals surface area contributed by atoms with E-state index in [9.17, 15) is 9.59 Å². The van der Waals surface area contributed by atoms with Gasteiger partial charge >= 0.3 is 5.97 Å². The maximum atomic E-state index is 12.1. The van der Waals surface area contributed by atoms with Gasteiger partial charge in [0.05, 0.1) is 13.5 Å². The zero-order chi connectivity index (χ0) is 13.7. The summed E-state index contributed by atoms with van der Waals surface area (Å²) in [7, 11) is 3.00. The number of esters is 1. The molecule has 0 heterocycles. The number of nitrogens with zero attached hydrogens (tertiary/aromatic N) is 1. The molecule has 0 aliphatic carbocycles. The molecular weight excluding hydrogens is 298 g/mol. The topological polar surface area (TPSA) is 46.6 Å². The second-order valence-corrected chi connectivity index (χ2v) is 4.99. The van der Waals surface area contributed by atoms with Crippen LogP contribution >= 0.6 is 15.9 Å². The van der Waals surface area contributed by atoms with Crippen LogP contribution in [0.15, 0.2) is 22.7 Å². The maximum Gasteiger partial charge on any atom is 0.307 e. The average Bonchev–Trinajstić information content (AvgIpc) is 2.33. The van der Waals surface area contributed by atoms with Gasteiger partial charge in [0, 0.05) is 23.6 Å². The van der Waals surface area contributed by atoms with Crippen molar-refractivity contribution < 1.29 is 14.3 Å². The molecule has 98 valence electrons. The first-order chi connectivity index (χ1) is 8.43. The van der Waals surface area contributed by atoms with E-state index in [4.69, 9.17) is 0 Å². The highest BCUT2D eigenvalue weighted by molar-refractivity contribution is 9.10. The third-order valence-electron chi connectivity index (χ3n) is 2.51. The first-order valence-electron chi connectivity index (χ1n) is 5.53. The minimum Gasteiger partial charge on any atom is -0.469 e. The zero-order valence-corrected chi connectivity index (χ0v) is 12.3. The average molecular weight is 314 g/mol. The van der Waals surface area contributed by atoms with E-state index in [1.165, 1.54) is 12.0 Å². The third-order valence-corrected chi connectivity index (χ3v) is 2.97. The molecule has 1 aromatic carbocycles. The highest BCUT2D eigenvalue weighted by Gasteiger charge is 2.13. The number of ether oxygens (including phenoxy) is 1. The normalized spacial score (nSPS) is 10.0. The Labute approximate surface area is 115 Å². The summed E-state index contributed by atoms with van der Waals surface area (Å²) >= 11 is 3.36. The van der Waals surface area contributed by atoms with Crippen molar-refractivity contribution in [2.45, 2.75) is 13.3 Å². The Bertz CT molecular complexity index is 439. The largest absolute Gasteiger partial charge is 0.469 e. The van der Waals surface area contributed by atoms with E-state index in [-0.39, 0.29) is 18.3 Å². The number of hydrogen-bond donors (Lipinski definition) is 0. The van der Waals surface area contributed by atoms with Gasteiger partial charge in [0.2, 0.25) is 0 Å². The molecule has 0 spiro atoms. The molecule has 0 saturated heterocycles. The predicted molar refractivity (Wildman–Crippen MR) is 72.5 cm³/mol. The van der Waals surface area contributed by atoms with Crippen molar-refractivity contribution in [1.29, 1.82) is 0 Å². The lowest BCUT2D eigenvalue weighted by Crippen LogP contribution is -2.29. The molecule has 0 saturated carbocycles. The Morgan fingerprint density at radius 2 is 2.00 bits per heavy atom. The fraction of sp³-hybridized carbons (Fsp3) is 0.385. The summed E-state index contributed by atoms with van der Waals surface area (Å²) in [5.74, 6) is -0.427. The van der Waals surface area contributed by atoms with E-state index in [1.54, 1.807) is 13.1 Å². The molecule has 0 aliphatic heterocycles. The minimum absolute atomic E-state index is 0.108. The molecule has 0 radical (unpaired) electrons. The minimum atomic E-state index is -0.319. The first kappa shape index (κ1) is 14.7. The van der Waals surface area contributed by atoms with Crippen LogP contribution in [-0.4, -0.2) is 37.5 Å². The van der Waals surface area contributed by atoms with E-state index < -0.39 is 0 Å². The van der Waals surface area contributed by atoms with Gasteiger partial charge in [-0.1, -0.05) is 15.9 Å². The van der Waals surface area contributed by atoms with Crippen molar-refractivity contribution >= 4 is 27.8 Å². The molecular formula is C13H16BrNO3. The Kier molecular flexibility index (Phi) is 5.34. The van der Waals surface area contributed by atoms with Gasteiger partial charge in [-0.05, 0) is 30.7 Å². The van der Waals surface area contributed by atoms with Crippen molar-refractivity contribution in [1.82, 2.24) is 4.90 Å². The molecule has 18 heavy (non-hydrogen) atoms. The molecule has 0 atom stereocenters. The summed E-state index contributed by atoms with van der Waals surface area (Å²) < 4.78 is 5.41. The zero-order valence-electron chi connectivity index (χ0n) is 10.7. The van der Waals surface area contributed by atoms with Gasteiger partial charge in [0.1, 0.15) is 0 Å². The lowest BCUT2D eigenvalue weighted by Gasteiger charge is -2.17. The van der Waals surface area contributed by atoms with Crippen LogP contribution in [0, 0.1) is 6.92 Å². The van der Waals surface area contributed by atoms with Gasteiger partial charge in [-0.3, -0.25) is 9.59 Å². The van der Waals surface area contributed by atoms with Crippen LogP contribution in [-0.2, 0) is 9.53 Å². The van der Waals surface area contributed by atoms with Crippen LogP contribution < -0.4 is 0 Å². The van der Waals surface area contributed by atoms with Gasteiger partial charge in [-0.15, -0.1) is 0 Å². The van der Waals surface area contributed by atoms with E-state index in [2.05, 4.69) is 20.7 Å². The number of aryl methyl sites for hydroxylation is 1. The standard InChI is InChI=1S/C13H16BrNO3/c1-9-6-10(8-11(14)7-9)13(17)15(2)5-4-12(16)18-3/h6-8H,4-5H2,1-3H3. The first-order valence-corrected chi connectivity index (χ1v) is 6.33. The van der Waals surface area contributed by atoms with Gasteiger partial charge < -0.3 is 9.64 Å². The Morgan fingerprint density at radius 1 is 1.33 bits per heavy atom. The molecule has 1 rings (SSSR count). The lowest BCUT2D eigenvalue weighted by atomic mass is 10.1. The molecule has 5 heteroatoms. The van der Waals surface area contributed by atoms with Crippen LogP contribution in [0.25, 0.3) is 0 Å². The third kappa shape index (κ3) is 4.14. The Morgan fingerprint density at radius 3 is 2.56 bits per heavy atom. The predicted octanol–water partition coefficient (Wildman–Crippen LogP) is 2.39. The van der Waals surface area contributed by atoms with Crippen molar-refractivity contribution in [3.63, 3.8) is 0 Å². The lowest BCUT2D eigenvalue weighted by molar-refractivity contribution is -0.140. The Hall–Kier alpha value is -1.36. The smallest absolute Gasteiger partial charge is 0.307 e. The second-order valence-electron chi connectivity index (χ2n) is 4.07. The quantitative estimate of drug-likeness (QED) is 0.802. The number of carbonyl (C=O) groups is 2. The SMILES string of the molecule is COC(=O)CCN(C)C(=O)c1cc(C)cc(Br)c1. The summed E-state index contributed by atoms with van der Waals surface area (Å²) in [6, 6.07) is 5.52. The van der Waals surface area contributed by atoms with Crippen LogP contribution in [0.1, 0.15) is 22.3 Å². The van der Waals surface area contributed by atoms with Crippen molar-refractivity contribution in [2.24, 2.45) is 0 Å². The number of benzene rings is 1. The fourth-order valence-corrected chi connectivity index (χ4v) is 2.15. The molecule has 0 unspecified atom stereocenters. The van der Waals surface area contributed by atoms with Crippen LogP contribution in [0.2, 0.25) is 0 Å².